The molecule has 144 valence electrons. The first kappa shape index (κ1) is 19.0. The Bertz CT molecular complexity index is 970. The summed E-state index contributed by atoms with van der Waals surface area (Å²) < 4.78 is 15.6. The van der Waals surface area contributed by atoms with Crippen molar-refractivity contribution in [1.29, 1.82) is 0 Å². The topological polar surface area (TPSA) is 103 Å². The highest BCUT2D eigenvalue weighted by Crippen LogP contribution is 2.29. The van der Waals surface area contributed by atoms with Crippen molar-refractivity contribution < 1.29 is 23.5 Å². The molecule has 0 aliphatic heterocycles. The Balaban J connectivity index is 1.72. The number of pyridine rings is 1. The third-order valence-corrected chi connectivity index (χ3v) is 3.91. The summed E-state index contributed by atoms with van der Waals surface area (Å²) in [5.74, 6) is 0.848. The third-order valence-electron chi connectivity index (χ3n) is 3.91. The Kier molecular flexibility index (Phi) is 5.91. The molecule has 0 fully saturated rings. The van der Waals surface area contributed by atoms with E-state index in [4.69, 9.17) is 13.9 Å². The van der Waals surface area contributed by atoms with Gasteiger partial charge in [0.2, 0.25) is 0 Å². The van der Waals surface area contributed by atoms with Crippen LogP contribution in [0.2, 0.25) is 0 Å². The highest BCUT2D eigenvalue weighted by molar-refractivity contribution is 6.05. The fourth-order valence-corrected chi connectivity index (χ4v) is 2.48. The summed E-state index contributed by atoms with van der Waals surface area (Å²) >= 11 is 0. The highest BCUT2D eigenvalue weighted by Gasteiger charge is 2.15. The van der Waals surface area contributed by atoms with Crippen molar-refractivity contribution in [3.05, 3.63) is 71.9 Å². The number of nitrogens with zero attached hydrogens (tertiary/aromatic N) is 1. The van der Waals surface area contributed by atoms with Crippen LogP contribution in [0.5, 0.6) is 11.5 Å². The summed E-state index contributed by atoms with van der Waals surface area (Å²) in [6.07, 6.45) is 2.93. The number of ether oxygens (including phenoxy) is 2. The number of benzene rings is 1. The number of carbonyl (C=O) groups is 2. The molecule has 3 aromatic rings. The number of methoxy groups -OCH3 is 2. The zero-order chi connectivity index (χ0) is 19.9. The van der Waals surface area contributed by atoms with Crippen molar-refractivity contribution in [2.45, 2.75) is 6.54 Å². The van der Waals surface area contributed by atoms with Crippen LogP contribution in [0.1, 0.15) is 26.6 Å². The lowest BCUT2D eigenvalue weighted by Gasteiger charge is -2.12. The largest absolute Gasteiger partial charge is 0.497 e. The van der Waals surface area contributed by atoms with E-state index in [0.29, 0.717) is 28.5 Å². The zero-order valence-electron chi connectivity index (χ0n) is 15.4. The molecule has 0 spiro atoms. The molecule has 28 heavy (non-hydrogen) atoms. The first-order valence-electron chi connectivity index (χ1n) is 8.40. The zero-order valence-corrected chi connectivity index (χ0v) is 15.4. The van der Waals surface area contributed by atoms with Crippen LogP contribution in [0, 0.1) is 0 Å². The Morgan fingerprint density at radius 2 is 1.93 bits per heavy atom. The fourth-order valence-electron chi connectivity index (χ4n) is 2.48. The van der Waals surface area contributed by atoms with Crippen LogP contribution in [0.25, 0.3) is 0 Å². The van der Waals surface area contributed by atoms with E-state index in [9.17, 15) is 9.59 Å². The normalized spacial score (nSPS) is 10.2. The molecule has 8 heteroatoms. The second-order valence-electron chi connectivity index (χ2n) is 5.71. The standard InChI is InChI=1S/C20H19N3O5/c1-26-14-5-6-18(27-2)16(11-14)23-20(25)17-10-13(7-8-21-17)19(24)22-12-15-4-3-9-28-15/h3-11H,12H2,1-2H3,(H,22,24)(H,23,25). The van der Waals surface area contributed by atoms with E-state index in [1.807, 2.05) is 0 Å². The molecule has 0 saturated carbocycles. The van der Waals surface area contributed by atoms with E-state index in [2.05, 4.69) is 15.6 Å². The van der Waals surface area contributed by atoms with Crippen molar-refractivity contribution in [1.82, 2.24) is 10.3 Å². The summed E-state index contributed by atoms with van der Waals surface area (Å²) in [4.78, 5) is 28.9. The smallest absolute Gasteiger partial charge is 0.274 e. The number of carbonyl (C=O) groups excluding carboxylic acids is 2. The maximum absolute atomic E-state index is 12.6. The fraction of sp³-hybridized carbons (Fsp3) is 0.150. The molecule has 3 rings (SSSR count). The first-order chi connectivity index (χ1) is 13.6. The Hall–Kier alpha value is -3.81. The lowest BCUT2D eigenvalue weighted by molar-refractivity contribution is 0.0948. The Morgan fingerprint density at radius 3 is 2.64 bits per heavy atom. The summed E-state index contributed by atoms with van der Waals surface area (Å²) in [5, 5.41) is 5.44. The van der Waals surface area contributed by atoms with Gasteiger partial charge in [-0.2, -0.15) is 0 Å². The van der Waals surface area contributed by atoms with Crippen molar-refractivity contribution in [2.24, 2.45) is 0 Å². The van der Waals surface area contributed by atoms with E-state index in [-0.39, 0.29) is 18.1 Å². The van der Waals surface area contributed by atoms with Crippen LogP contribution < -0.4 is 20.1 Å². The minimum absolute atomic E-state index is 0.0931. The Morgan fingerprint density at radius 1 is 1.07 bits per heavy atom. The van der Waals surface area contributed by atoms with Crippen molar-refractivity contribution in [2.75, 3.05) is 19.5 Å². The SMILES string of the molecule is COc1ccc(OC)c(NC(=O)c2cc(C(=O)NCc3ccco3)ccn2)c1. The van der Waals surface area contributed by atoms with Crippen LogP contribution in [-0.4, -0.2) is 31.0 Å². The Labute approximate surface area is 161 Å². The summed E-state index contributed by atoms with van der Waals surface area (Å²) in [5.41, 5.74) is 0.834. The molecule has 8 nitrogen and oxygen atoms in total. The van der Waals surface area contributed by atoms with Gasteiger partial charge in [-0.15, -0.1) is 0 Å². The predicted octanol–water partition coefficient (Wildman–Crippen LogP) is 2.87. The summed E-state index contributed by atoms with van der Waals surface area (Å²) in [6, 6.07) is 11.5. The maximum atomic E-state index is 12.6. The summed E-state index contributed by atoms with van der Waals surface area (Å²) in [7, 11) is 3.03. The van der Waals surface area contributed by atoms with Crippen molar-refractivity contribution >= 4 is 17.5 Å². The number of amides is 2. The van der Waals surface area contributed by atoms with Gasteiger partial charge >= 0.3 is 0 Å². The second-order valence-corrected chi connectivity index (χ2v) is 5.71. The number of nitrogens with one attached hydrogen (secondary N) is 2. The van der Waals surface area contributed by atoms with Gasteiger partial charge in [-0.3, -0.25) is 14.6 Å². The van der Waals surface area contributed by atoms with E-state index in [1.165, 1.54) is 38.8 Å². The highest BCUT2D eigenvalue weighted by atomic mass is 16.5. The van der Waals surface area contributed by atoms with E-state index < -0.39 is 5.91 Å². The quantitative estimate of drug-likeness (QED) is 0.652. The van der Waals surface area contributed by atoms with E-state index >= 15 is 0 Å². The molecule has 0 saturated heterocycles. The van der Waals surface area contributed by atoms with E-state index in [1.54, 1.807) is 30.3 Å². The minimum Gasteiger partial charge on any atom is -0.497 e. The van der Waals surface area contributed by atoms with Gasteiger partial charge in [0.25, 0.3) is 11.8 Å². The summed E-state index contributed by atoms with van der Waals surface area (Å²) in [6.45, 7) is 0.247. The monoisotopic (exact) mass is 381 g/mol. The molecule has 0 radical (unpaired) electrons. The van der Waals surface area contributed by atoms with Crippen LogP contribution in [-0.2, 0) is 6.54 Å². The molecule has 0 atom stereocenters. The van der Waals surface area contributed by atoms with Gasteiger partial charge in [-0.1, -0.05) is 0 Å². The lowest BCUT2D eigenvalue weighted by Crippen LogP contribution is -2.23. The second kappa shape index (κ2) is 8.72. The molecule has 0 bridgehead atoms. The first-order valence-corrected chi connectivity index (χ1v) is 8.40. The average Bonchev–Trinajstić information content (AvgIpc) is 3.25. The molecule has 1 aromatic carbocycles. The van der Waals surface area contributed by atoms with Crippen LogP contribution in [0.3, 0.4) is 0 Å². The predicted molar refractivity (Wildman–Crippen MR) is 102 cm³/mol. The van der Waals surface area contributed by atoms with Gasteiger partial charge < -0.3 is 24.5 Å². The number of aromatic nitrogens is 1. The van der Waals surface area contributed by atoms with Gasteiger partial charge in [-0.05, 0) is 36.4 Å². The third kappa shape index (κ3) is 4.47. The minimum atomic E-state index is -0.479. The van der Waals surface area contributed by atoms with Crippen molar-refractivity contribution in [3.63, 3.8) is 0 Å². The molecule has 0 aliphatic rings. The molecule has 2 amide bonds. The van der Waals surface area contributed by atoms with E-state index in [0.717, 1.165) is 0 Å². The molecule has 2 N–H and O–H groups in total. The van der Waals surface area contributed by atoms with Gasteiger partial charge in [-0.25, -0.2) is 0 Å². The number of anilines is 1. The van der Waals surface area contributed by atoms with Gasteiger partial charge in [0.05, 0.1) is 32.7 Å². The molecule has 2 heterocycles. The molecular weight excluding hydrogens is 362 g/mol. The lowest BCUT2D eigenvalue weighted by atomic mass is 10.2. The van der Waals surface area contributed by atoms with Crippen LogP contribution in [0.4, 0.5) is 5.69 Å². The number of furan rings is 1. The molecular formula is C20H19N3O5. The average molecular weight is 381 g/mol. The van der Waals surface area contributed by atoms with Gasteiger partial charge in [0, 0.05) is 17.8 Å². The van der Waals surface area contributed by atoms with Crippen LogP contribution >= 0.6 is 0 Å². The molecule has 0 aliphatic carbocycles. The molecule has 2 aromatic heterocycles. The number of hydrogen-bond acceptors (Lipinski definition) is 6. The van der Waals surface area contributed by atoms with Crippen LogP contribution in [0.15, 0.2) is 59.3 Å². The maximum Gasteiger partial charge on any atom is 0.274 e. The number of hydrogen-bond donors (Lipinski definition) is 2. The molecule has 0 unspecified atom stereocenters. The number of rotatable bonds is 7. The van der Waals surface area contributed by atoms with Gasteiger partial charge in [0.15, 0.2) is 0 Å². The van der Waals surface area contributed by atoms with Gasteiger partial charge in [0.1, 0.15) is 23.0 Å². The van der Waals surface area contributed by atoms with Crippen molar-refractivity contribution in [3.8, 4) is 11.5 Å².